The van der Waals surface area contributed by atoms with Gasteiger partial charge in [-0.25, -0.2) is 19.8 Å². The minimum Gasteiger partial charge on any atom is -0.408 e. The predicted octanol–water partition coefficient (Wildman–Crippen LogP) is 4.04. The number of amidine groups is 1. The van der Waals surface area contributed by atoms with E-state index in [2.05, 4.69) is 25.9 Å². The van der Waals surface area contributed by atoms with E-state index in [0.29, 0.717) is 28.4 Å². The second-order valence-corrected chi connectivity index (χ2v) is 11.1. The Morgan fingerprint density at radius 2 is 2.08 bits per heavy atom. The Hall–Kier alpha value is -3.21. The van der Waals surface area contributed by atoms with Gasteiger partial charge >= 0.3 is 5.76 Å². The Morgan fingerprint density at radius 1 is 1.22 bits per heavy atom. The number of hydrogen-bond donors (Lipinski definition) is 2. The highest BCUT2D eigenvalue weighted by atomic mass is 35.5. The van der Waals surface area contributed by atoms with E-state index < -0.39 is 5.76 Å². The predicted molar refractivity (Wildman–Crippen MR) is 137 cm³/mol. The number of benzene rings is 1. The fourth-order valence-corrected chi connectivity index (χ4v) is 6.85. The Bertz CT molecular complexity index is 1610. The van der Waals surface area contributed by atoms with Gasteiger partial charge in [-0.3, -0.25) is 9.97 Å². The Balaban J connectivity index is 1.04. The molecule has 9 nitrogen and oxygen atoms in total. The fraction of sp³-hybridized carbons (Fsp3) is 0.320. The number of rotatable bonds is 2. The van der Waals surface area contributed by atoms with E-state index in [1.54, 1.807) is 18.3 Å². The zero-order valence-electron chi connectivity index (χ0n) is 19.2. The van der Waals surface area contributed by atoms with E-state index in [1.165, 1.54) is 17.3 Å². The lowest BCUT2D eigenvalue weighted by atomic mass is 9.73. The van der Waals surface area contributed by atoms with E-state index in [4.69, 9.17) is 31.7 Å². The SMILES string of the molecule is N[C@@H]1c2cccnc2CC12CCN(C1=Nc3ncc(Sc4cc(Cl)c5[nH]c(=O)oc5c4)nc3C1)CC2. The van der Waals surface area contributed by atoms with Crippen molar-refractivity contribution in [3.05, 3.63) is 69.2 Å². The maximum absolute atomic E-state index is 11.5. The number of H-pyrrole nitrogens is 1. The maximum Gasteiger partial charge on any atom is 0.417 e. The second kappa shape index (κ2) is 8.16. The van der Waals surface area contributed by atoms with Crippen LogP contribution in [0.3, 0.4) is 0 Å². The van der Waals surface area contributed by atoms with Gasteiger partial charge in [0.05, 0.1) is 23.3 Å². The van der Waals surface area contributed by atoms with E-state index in [1.807, 2.05) is 12.3 Å². The zero-order valence-corrected chi connectivity index (χ0v) is 20.8. The van der Waals surface area contributed by atoms with Crippen molar-refractivity contribution in [3.63, 3.8) is 0 Å². The van der Waals surface area contributed by atoms with E-state index in [-0.39, 0.29) is 11.5 Å². The molecule has 0 saturated carbocycles. The summed E-state index contributed by atoms with van der Waals surface area (Å²) in [5.74, 6) is 1.16. The van der Waals surface area contributed by atoms with Gasteiger partial charge < -0.3 is 15.1 Å². The highest BCUT2D eigenvalue weighted by Gasteiger charge is 2.47. The van der Waals surface area contributed by atoms with Crippen LogP contribution < -0.4 is 11.5 Å². The molecule has 1 aromatic carbocycles. The lowest BCUT2D eigenvalue weighted by molar-refractivity contribution is 0.126. The first kappa shape index (κ1) is 22.0. The topological polar surface area (TPSA) is 126 Å². The van der Waals surface area contributed by atoms with Crippen molar-refractivity contribution >= 4 is 46.1 Å². The summed E-state index contributed by atoms with van der Waals surface area (Å²) in [6.07, 6.45) is 7.22. The van der Waals surface area contributed by atoms with Gasteiger partial charge in [0.2, 0.25) is 0 Å². The summed E-state index contributed by atoms with van der Waals surface area (Å²) in [4.78, 5) is 36.0. The van der Waals surface area contributed by atoms with Gasteiger partial charge in [0.1, 0.15) is 16.4 Å². The number of oxazole rings is 1. The average molecular weight is 520 g/mol. The number of halogens is 1. The monoisotopic (exact) mass is 519 g/mol. The molecule has 1 saturated heterocycles. The molecule has 4 aromatic rings. The second-order valence-electron chi connectivity index (χ2n) is 9.62. The first-order valence-corrected chi connectivity index (χ1v) is 13.0. The lowest BCUT2D eigenvalue weighted by Gasteiger charge is -2.42. The molecule has 3 aromatic heterocycles. The molecule has 1 aliphatic carbocycles. The normalized spacial score (nSPS) is 20.1. The van der Waals surface area contributed by atoms with Crippen LogP contribution in [-0.2, 0) is 12.8 Å². The van der Waals surface area contributed by atoms with Gasteiger partial charge in [0.25, 0.3) is 0 Å². The highest BCUT2D eigenvalue weighted by Crippen LogP contribution is 2.50. The van der Waals surface area contributed by atoms with Crippen molar-refractivity contribution in [2.75, 3.05) is 13.1 Å². The van der Waals surface area contributed by atoms with Crippen LogP contribution in [0, 0.1) is 5.41 Å². The van der Waals surface area contributed by atoms with Crippen LogP contribution >= 0.6 is 23.4 Å². The molecule has 182 valence electrons. The standard InChI is InChI=1S/C25H22ClN7O2S/c26-15-8-13(9-18-21(15)32-24(34)35-18)36-20-12-29-23-16(30-20)10-19(31-23)33-6-3-25(4-7-33)11-17-14(22(25)27)2-1-5-28-17/h1-2,5,8-9,12,22H,3-4,6-7,10-11,27H2,(H,32,34)/t22-/m1/s1. The van der Waals surface area contributed by atoms with E-state index >= 15 is 0 Å². The van der Waals surface area contributed by atoms with Crippen LogP contribution in [0.2, 0.25) is 5.02 Å². The zero-order chi connectivity index (χ0) is 24.4. The highest BCUT2D eigenvalue weighted by molar-refractivity contribution is 7.99. The first-order chi connectivity index (χ1) is 17.5. The molecular formula is C25H22ClN7O2S. The Kier molecular flexibility index (Phi) is 4.99. The number of aromatic nitrogens is 4. The lowest BCUT2D eigenvalue weighted by Crippen LogP contribution is -2.46. The number of aromatic amines is 1. The van der Waals surface area contributed by atoms with Gasteiger partial charge in [-0.1, -0.05) is 29.4 Å². The van der Waals surface area contributed by atoms with Crippen molar-refractivity contribution in [2.24, 2.45) is 16.1 Å². The molecular weight excluding hydrogens is 498 g/mol. The number of nitrogens with two attached hydrogens (primary N) is 1. The summed E-state index contributed by atoms with van der Waals surface area (Å²) in [7, 11) is 0. The Morgan fingerprint density at radius 3 is 2.92 bits per heavy atom. The molecule has 1 spiro atoms. The molecule has 1 atom stereocenters. The number of pyridine rings is 1. The molecule has 0 bridgehead atoms. The fourth-order valence-electron chi connectivity index (χ4n) is 5.68. The summed E-state index contributed by atoms with van der Waals surface area (Å²) < 4.78 is 5.16. The number of aliphatic imine (C=N–C) groups is 1. The smallest absolute Gasteiger partial charge is 0.408 e. The number of nitrogens with one attached hydrogen (secondary N) is 1. The average Bonchev–Trinajstić information content (AvgIpc) is 3.54. The van der Waals surface area contributed by atoms with Crippen molar-refractivity contribution in [3.8, 4) is 0 Å². The molecule has 3 N–H and O–H groups in total. The van der Waals surface area contributed by atoms with E-state index in [0.717, 1.165) is 59.5 Å². The molecule has 5 heterocycles. The van der Waals surface area contributed by atoms with E-state index in [9.17, 15) is 4.79 Å². The minimum atomic E-state index is -0.532. The molecule has 0 unspecified atom stereocenters. The number of hydrogen-bond acceptors (Lipinski definition) is 9. The summed E-state index contributed by atoms with van der Waals surface area (Å²) in [5.41, 5.74) is 10.9. The van der Waals surface area contributed by atoms with Gasteiger partial charge in [0.15, 0.2) is 11.4 Å². The largest absolute Gasteiger partial charge is 0.417 e. The van der Waals surface area contributed by atoms with Gasteiger partial charge in [0, 0.05) is 35.9 Å². The van der Waals surface area contributed by atoms with Crippen LogP contribution in [0.5, 0.6) is 0 Å². The van der Waals surface area contributed by atoms with Gasteiger partial charge in [-0.15, -0.1) is 0 Å². The molecule has 0 radical (unpaired) electrons. The first-order valence-electron chi connectivity index (χ1n) is 11.9. The summed E-state index contributed by atoms with van der Waals surface area (Å²) in [6, 6.07) is 7.70. The Labute approximate surface area is 215 Å². The van der Waals surface area contributed by atoms with Crippen LogP contribution in [-0.4, -0.2) is 43.8 Å². The van der Waals surface area contributed by atoms with Crippen LogP contribution in [0.25, 0.3) is 11.1 Å². The number of piperidine rings is 1. The summed E-state index contributed by atoms with van der Waals surface area (Å²) in [5, 5.41) is 1.16. The molecule has 36 heavy (non-hydrogen) atoms. The van der Waals surface area contributed by atoms with Crippen molar-refractivity contribution < 1.29 is 4.42 Å². The maximum atomic E-state index is 11.5. The minimum absolute atomic E-state index is 0.0426. The third-order valence-corrected chi connectivity index (χ3v) is 8.78. The summed E-state index contributed by atoms with van der Waals surface area (Å²) >= 11 is 7.72. The third-order valence-electron chi connectivity index (χ3n) is 7.60. The molecule has 1 fully saturated rings. The number of fused-ring (bicyclic) bond motifs is 3. The number of likely N-dealkylation sites (tertiary alicyclic amines) is 1. The van der Waals surface area contributed by atoms with Crippen molar-refractivity contribution in [2.45, 2.75) is 41.6 Å². The quantitative estimate of drug-likeness (QED) is 0.406. The van der Waals surface area contributed by atoms with Crippen molar-refractivity contribution in [1.82, 2.24) is 24.8 Å². The van der Waals surface area contributed by atoms with Crippen LogP contribution in [0.15, 0.2) is 60.8 Å². The van der Waals surface area contributed by atoms with Crippen LogP contribution in [0.1, 0.15) is 35.8 Å². The third kappa shape index (κ3) is 3.55. The van der Waals surface area contributed by atoms with Gasteiger partial charge in [-0.2, -0.15) is 0 Å². The number of nitrogens with zero attached hydrogens (tertiary/aromatic N) is 5. The molecule has 0 amide bonds. The van der Waals surface area contributed by atoms with Crippen LogP contribution in [0.4, 0.5) is 5.82 Å². The molecule has 2 aliphatic heterocycles. The molecule has 7 rings (SSSR count). The molecule has 11 heteroatoms. The van der Waals surface area contributed by atoms with Crippen molar-refractivity contribution in [1.29, 1.82) is 0 Å². The van der Waals surface area contributed by atoms with Gasteiger partial charge in [-0.05, 0) is 48.4 Å². The molecule has 3 aliphatic rings. The summed E-state index contributed by atoms with van der Waals surface area (Å²) in [6.45, 7) is 1.83.